The zero-order valence-electron chi connectivity index (χ0n) is 12.5. The largest absolute Gasteiger partial charge is 0.493 e. The summed E-state index contributed by atoms with van der Waals surface area (Å²) >= 11 is 0. The highest BCUT2D eigenvalue weighted by atomic mass is 19.1. The molecule has 1 aromatic rings. The van der Waals surface area contributed by atoms with Gasteiger partial charge in [0.25, 0.3) is 0 Å². The molecule has 4 heteroatoms. The lowest BCUT2D eigenvalue weighted by atomic mass is 10.0. The zero-order valence-corrected chi connectivity index (χ0v) is 12.5. The van der Waals surface area contributed by atoms with E-state index in [4.69, 9.17) is 9.47 Å². The van der Waals surface area contributed by atoms with E-state index in [2.05, 4.69) is 5.32 Å². The van der Waals surface area contributed by atoms with E-state index in [0.29, 0.717) is 24.9 Å². The van der Waals surface area contributed by atoms with Gasteiger partial charge >= 0.3 is 0 Å². The fourth-order valence-electron chi connectivity index (χ4n) is 2.09. The SMILES string of the molecule is COCCCOc1cc(NC2CC2)c(F)cc1C(C)C. The number of benzene rings is 1. The first-order valence-corrected chi connectivity index (χ1v) is 7.33. The van der Waals surface area contributed by atoms with Crippen molar-refractivity contribution >= 4 is 5.69 Å². The number of rotatable bonds is 8. The van der Waals surface area contributed by atoms with Gasteiger partial charge in [-0.1, -0.05) is 13.8 Å². The summed E-state index contributed by atoms with van der Waals surface area (Å²) in [5, 5.41) is 3.21. The van der Waals surface area contributed by atoms with Gasteiger partial charge in [-0.25, -0.2) is 4.39 Å². The molecule has 0 bridgehead atoms. The molecule has 0 amide bonds. The summed E-state index contributed by atoms with van der Waals surface area (Å²) in [6, 6.07) is 3.83. The van der Waals surface area contributed by atoms with Gasteiger partial charge in [-0.3, -0.25) is 0 Å². The molecule has 0 radical (unpaired) electrons. The third kappa shape index (κ3) is 4.10. The van der Waals surface area contributed by atoms with Crippen LogP contribution in [0.5, 0.6) is 5.75 Å². The Labute approximate surface area is 120 Å². The van der Waals surface area contributed by atoms with Gasteiger partial charge in [0.15, 0.2) is 0 Å². The molecule has 1 saturated carbocycles. The molecule has 0 saturated heterocycles. The van der Waals surface area contributed by atoms with E-state index in [1.54, 1.807) is 19.2 Å². The van der Waals surface area contributed by atoms with Crippen LogP contribution in [0, 0.1) is 5.82 Å². The molecule has 0 unspecified atom stereocenters. The third-order valence-electron chi connectivity index (χ3n) is 3.41. The predicted molar refractivity (Wildman–Crippen MR) is 79.1 cm³/mol. The minimum atomic E-state index is -0.190. The van der Waals surface area contributed by atoms with E-state index in [-0.39, 0.29) is 11.7 Å². The van der Waals surface area contributed by atoms with E-state index in [1.165, 1.54) is 0 Å². The van der Waals surface area contributed by atoms with Crippen LogP contribution in [0.1, 0.15) is 44.6 Å². The summed E-state index contributed by atoms with van der Waals surface area (Å²) in [5.41, 5.74) is 1.47. The van der Waals surface area contributed by atoms with Crippen LogP contribution in [0.15, 0.2) is 12.1 Å². The number of methoxy groups -OCH3 is 1. The first-order chi connectivity index (χ1) is 9.61. The lowest BCUT2D eigenvalue weighted by molar-refractivity contribution is 0.171. The number of halogens is 1. The van der Waals surface area contributed by atoms with Gasteiger partial charge in [-0.2, -0.15) is 0 Å². The molecule has 0 atom stereocenters. The Bertz CT molecular complexity index is 444. The average molecular weight is 281 g/mol. The van der Waals surface area contributed by atoms with Crippen molar-refractivity contribution < 1.29 is 13.9 Å². The van der Waals surface area contributed by atoms with Gasteiger partial charge in [-0.15, -0.1) is 0 Å². The maximum atomic E-state index is 14.1. The Morgan fingerprint density at radius 2 is 2.05 bits per heavy atom. The van der Waals surface area contributed by atoms with Crippen molar-refractivity contribution in [3.8, 4) is 5.75 Å². The summed E-state index contributed by atoms with van der Waals surface area (Å²) in [5.74, 6) is 0.822. The maximum absolute atomic E-state index is 14.1. The number of ether oxygens (including phenoxy) is 2. The molecule has 1 N–H and O–H groups in total. The highest BCUT2D eigenvalue weighted by molar-refractivity contribution is 5.55. The van der Waals surface area contributed by atoms with Crippen LogP contribution in [-0.2, 0) is 4.74 Å². The normalized spacial score (nSPS) is 14.7. The van der Waals surface area contributed by atoms with Crippen LogP contribution in [0.25, 0.3) is 0 Å². The minimum absolute atomic E-state index is 0.190. The molecule has 0 heterocycles. The van der Waals surface area contributed by atoms with Crippen molar-refractivity contribution in [3.63, 3.8) is 0 Å². The Balaban J connectivity index is 2.11. The van der Waals surface area contributed by atoms with Crippen molar-refractivity contribution in [3.05, 3.63) is 23.5 Å². The standard InChI is InChI=1S/C16H24FNO2/c1-11(2)13-9-14(17)15(18-12-5-6-12)10-16(13)20-8-4-7-19-3/h9-12,18H,4-8H2,1-3H3. The van der Waals surface area contributed by atoms with Crippen molar-refractivity contribution in [2.75, 3.05) is 25.6 Å². The first kappa shape index (κ1) is 15.1. The molecule has 1 aliphatic carbocycles. The van der Waals surface area contributed by atoms with Crippen molar-refractivity contribution in [1.82, 2.24) is 0 Å². The lowest BCUT2D eigenvalue weighted by Gasteiger charge is -2.17. The maximum Gasteiger partial charge on any atom is 0.146 e. The molecular formula is C16H24FNO2. The van der Waals surface area contributed by atoms with Crippen molar-refractivity contribution in [1.29, 1.82) is 0 Å². The van der Waals surface area contributed by atoms with Crippen LogP contribution in [0.4, 0.5) is 10.1 Å². The van der Waals surface area contributed by atoms with Gasteiger partial charge in [0.05, 0.1) is 12.3 Å². The van der Waals surface area contributed by atoms with E-state index in [1.807, 2.05) is 13.8 Å². The van der Waals surface area contributed by atoms with Crippen molar-refractivity contribution in [2.24, 2.45) is 0 Å². The fourth-order valence-corrected chi connectivity index (χ4v) is 2.09. The minimum Gasteiger partial charge on any atom is -0.493 e. The van der Waals surface area contributed by atoms with Crippen LogP contribution in [-0.4, -0.2) is 26.4 Å². The van der Waals surface area contributed by atoms with Gasteiger partial charge in [0.2, 0.25) is 0 Å². The van der Waals surface area contributed by atoms with Gasteiger partial charge in [-0.05, 0) is 30.4 Å². The Morgan fingerprint density at radius 3 is 2.65 bits per heavy atom. The average Bonchev–Trinajstić information content (AvgIpc) is 3.21. The van der Waals surface area contributed by atoms with Gasteiger partial charge in [0.1, 0.15) is 11.6 Å². The Morgan fingerprint density at radius 1 is 1.30 bits per heavy atom. The van der Waals surface area contributed by atoms with E-state index in [0.717, 1.165) is 30.6 Å². The summed E-state index contributed by atoms with van der Waals surface area (Å²) < 4.78 is 24.9. The smallest absolute Gasteiger partial charge is 0.146 e. The number of hydrogen-bond acceptors (Lipinski definition) is 3. The number of anilines is 1. The van der Waals surface area contributed by atoms with E-state index < -0.39 is 0 Å². The molecule has 0 aliphatic heterocycles. The second-order valence-corrected chi connectivity index (χ2v) is 5.64. The molecule has 3 nitrogen and oxygen atoms in total. The van der Waals surface area contributed by atoms with Gasteiger partial charge in [0, 0.05) is 32.2 Å². The molecule has 1 aliphatic rings. The topological polar surface area (TPSA) is 30.5 Å². The van der Waals surface area contributed by atoms with E-state index >= 15 is 0 Å². The Hall–Kier alpha value is -1.29. The fraction of sp³-hybridized carbons (Fsp3) is 0.625. The lowest BCUT2D eigenvalue weighted by Crippen LogP contribution is -2.08. The zero-order chi connectivity index (χ0) is 14.5. The van der Waals surface area contributed by atoms with Crippen LogP contribution < -0.4 is 10.1 Å². The second kappa shape index (κ2) is 6.93. The quantitative estimate of drug-likeness (QED) is 0.732. The van der Waals surface area contributed by atoms with E-state index in [9.17, 15) is 4.39 Å². The Kier molecular flexibility index (Phi) is 5.24. The summed E-state index contributed by atoms with van der Waals surface area (Å²) in [7, 11) is 1.68. The summed E-state index contributed by atoms with van der Waals surface area (Å²) in [6.45, 7) is 5.35. The summed E-state index contributed by atoms with van der Waals surface area (Å²) in [4.78, 5) is 0. The molecule has 0 aromatic heterocycles. The molecule has 1 aromatic carbocycles. The first-order valence-electron chi connectivity index (χ1n) is 7.33. The van der Waals surface area contributed by atoms with Crippen molar-refractivity contribution in [2.45, 2.75) is 45.1 Å². The van der Waals surface area contributed by atoms with Crippen LogP contribution >= 0.6 is 0 Å². The predicted octanol–water partition coefficient (Wildman–Crippen LogP) is 3.94. The number of hydrogen-bond donors (Lipinski definition) is 1. The molecule has 1 fully saturated rings. The summed E-state index contributed by atoms with van der Waals surface area (Å²) in [6.07, 6.45) is 3.07. The highest BCUT2D eigenvalue weighted by Crippen LogP contribution is 2.34. The monoisotopic (exact) mass is 281 g/mol. The van der Waals surface area contributed by atoms with Crippen LogP contribution in [0.2, 0.25) is 0 Å². The molecular weight excluding hydrogens is 257 g/mol. The highest BCUT2D eigenvalue weighted by Gasteiger charge is 2.23. The molecule has 112 valence electrons. The third-order valence-corrected chi connectivity index (χ3v) is 3.41. The molecule has 2 rings (SSSR count). The number of nitrogens with one attached hydrogen (secondary N) is 1. The molecule has 20 heavy (non-hydrogen) atoms. The van der Waals surface area contributed by atoms with Gasteiger partial charge < -0.3 is 14.8 Å². The molecule has 0 spiro atoms. The van der Waals surface area contributed by atoms with Crippen LogP contribution in [0.3, 0.4) is 0 Å². The second-order valence-electron chi connectivity index (χ2n) is 5.64.